The molecule has 0 saturated heterocycles. The number of rotatable bonds is 0. The highest BCUT2D eigenvalue weighted by Crippen LogP contribution is 2.23. The molecule has 1 heterocycles. The van der Waals surface area contributed by atoms with Crippen molar-refractivity contribution in [3.8, 4) is 0 Å². The van der Waals surface area contributed by atoms with E-state index >= 15 is 0 Å². The minimum absolute atomic E-state index is 0.513. The van der Waals surface area contributed by atoms with E-state index in [0.717, 1.165) is 0 Å². The molecule has 0 fully saturated rings. The van der Waals surface area contributed by atoms with E-state index in [1.807, 2.05) is 0 Å². The van der Waals surface area contributed by atoms with Crippen molar-refractivity contribution < 1.29 is 0 Å². The van der Waals surface area contributed by atoms with Crippen LogP contribution in [0.5, 0.6) is 0 Å². The molecule has 1 unspecified atom stereocenters. The molecule has 1 atom stereocenters. The van der Waals surface area contributed by atoms with Gasteiger partial charge in [-0.25, -0.2) is 0 Å². The van der Waals surface area contributed by atoms with Crippen molar-refractivity contribution in [2.45, 2.75) is 40.7 Å². The topological polar surface area (TPSA) is 12.0 Å². The molecule has 1 aliphatic heterocycles. The smallest absolute Gasteiger partial charge is 0.0445 e. The Kier molecular flexibility index (Phi) is 2.08. The highest BCUT2D eigenvalue weighted by atomic mass is 14.9. The largest absolute Gasteiger partial charge is 0.382 e. The van der Waals surface area contributed by atoms with Crippen molar-refractivity contribution in [2.24, 2.45) is 0 Å². The van der Waals surface area contributed by atoms with Crippen LogP contribution in [-0.2, 0) is 0 Å². The highest BCUT2D eigenvalue weighted by molar-refractivity contribution is 5.40. The first-order valence-electron chi connectivity index (χ1n) is 4.15. The molecule has 0 aromatic carbocycles. The van der Waals surface area contributed by atoms with Crippen LogP contribution in [0.25, 0.3) is 0 Å². The summed E-state index contributed by atoms with van der Waals surface area (Å²) in [5.74, 6) is 0. The second-order valence-electron chi connectivity index (χ2n) is 3.42. The van der Waals surface area contributed by atoms with Gasteiger partial charge in [-0.05, 0) is 51.3 Å². The van der Waals surface area contributed by atoms with E-state index < -0.39 is 0 Å². The molecule has 1 N–H and O–H groups in total. The molecular formula is C10H17N. The van der Waals surface area contributed by atoms with E-state index in [0.29, 0.717) is 6.04 Å². The van der Waals surface area contributed by atoms with E-state index in [1.54, 1.807) is 0 Å². The van der Waals surface area contributed by atoms with Crippen molar-refractivity contribution >= 4 is 0 Å². The Morgan fingerprint density at radius 3 is 2.09 bits per heavy atom. The van der Waals surface area contributed by atoms with Crippen LogP contribution < -0.4 is 5.32 Å². The second-order valence-corrected chi connectivity index (χ2v) is 3.42. The highest BCUT2D eigenvalue weighted by Gasteiger charge is 2.14. The van der Waals surface area contributed by atoms with Gasteiger partial charge in [-0.15, -0.1) is 0 Å². The first kappa shape index (κ1) is 8.38. The van der Waals surface area contributed by atoms with Crippen LogP contribution in [0.4, 0.5) is 0 Å². The van der Waals surface area contributed by atoms with Crippen LogP contribution in [0.3, 0.4) is 0 Å². The lowest BCUT2D eigenvalue weighted by Gasteiger charge is -2.26. The van der Waals surface area contributed by atoms with Gasteiger partial charge in [0, 0.05) is 11.7 Å². The third-order valence-corrected chi connectivity index (χ3v) is 2.80. The number of nitrogens with one attached hydrogen (secondary N) is 1. The monoisotopic (exact) mass is 151 g/mol. The van der Waals surface area contributed by atoms with E-state index in [9.17, 15) is 0 Å². The molecule has 0 spiro atoms. The van der Waals surface area contributed by atoms with Gasteiger partial charge in [0.2, 0.25) is 0 Å². The lowest BCUT2D eigenvalue weighted by molar-refractivity contribution is 0.663. The maximum atomic E-state index is 3.43. The molecular weight excluding hydrogens is 134 g/mol. The molecule has 1 nitrogen and oxygen atoms in total. The predicted molar refractivity (Wildman–Crippen MR) is 49.3 cm³/mol. The van der Waals surface area contributed by atoms with Crippen molar-refractivity contribution in [1.82, 2.24) is 5.32 Å². The zero-order valence-corrected chi connectivity index (χ0v) is 8.08. The van der Waals surface area contributed by atoms with Crippen LogP contribution >= 0.6 is 0 Å². The molecule has 1 rings (SSSR count). The number of allylic oxidation sites excluding steroid dienone is 3. The van der Waals surface area contributed by atoms with Gasteiger partial charge in [-0.1, -0.05) is 0 Å². The Balaban J connectivity index is 3.07. The normalized spacial score (nSPS) is 25.7. The summed E-state index contributed by atoms with van der Waals surface area (Å²) in [7, 11) is 0. The molecule has 62 valence electrons. The molecule has 0 aliphatic carbocycles. The van der Waals surface area contributed by atoms with Crippen LogP contribution in [0.2, 0.25) is 0 Å². The van der Waals surface area contributed by atoms with Gasteiger partial charge >= 0.3 is 0 Å². The first-order valence-corrected chi connectivity index (χ1v) is 4.15. The van der Waals surface area contributed by atoms with Crippen LogP contribution in [0.1, 0.15) is 34.6 Å². The van der Waals surface area contributed by atoms with Crippen LogP contribution in [0.15, 0.2) is 22.4 Å². The standard InChI is InChI=1S/C10H17N/c1-6-7(2)9(4)11-10(5)8(6)3/h9,11H,1-5H3. The summed E-state index contributed by atoms with van der Waals surface area (Å²) in [4.78, 5) is 0. The fourth-order valence-corrected chi connectivity index (χ4v) is 1.44. The maximum Gasteiger partial charge on any atom is 0.0445 e. The maximum absolute atomic E-state index is 3.43. The number of hydrogen-bond donors (Lipinski definition) is 1. The zero-order chi connectivity index (χ0) is 8.59. The minimum atomic E-state index is 0.513. The van der Waals surface area contributed by atoms with E-state index in [4.69, 9.17) is 0 Å². The molecule has 11 heavy (non-hydrogen) atoms. The molecule has 0 amide bonds. The summed E-state index contributed by atoms with van der Waals surface area (Å²) in [5.41, 5.74) is 5.64. The summed E-state index contributed by atoms with van der Waals surface area (Å²) in [6, 6.07) is 0.513. The number of hydrogen-bond acceptors (Lipinski definition) is 1. The second kappa shape index (κ2) is 2.72. The molecule has 1 heteroatoms. The van der Waals surface area contributed by atoms with E-state index in [-0.39, 0.29) is 0 Å². The lowest BCUT2D eigenvalue weighted by Crippen LogP contribution is -2.30. The van der Waals surface area contributed by atoms with Crippen molar-refractivity contribution in [3.05, 3.63) is 22.4 Å². The summed E-state index contributed by atoms with van der Waals surface area (Å²) >= 11 is 0. The van der Waals surface area contributed by atoms with Crippen molar-refractivity contribution in [3.63, 3.8) is 0 Å². The molecule has 0 saturated carbocycles. The average Bonchev–Trinajstić information content (AvgIpc) is 1.97. The Morgan fingerprint density at radius 2 is 1.55 bits per heavy atom. The Labute approximate surface area is 69.2 Å². The van der Waals surface area contributed by atoms with E-state index in [2.05, 4.69) is 39.9 Å². The first-order chi connectivity index (χ1) is 5.04. The molecule has 0 bridgehead atoms. The quantitative estimate of drug-likeness (QED) is 0.561. The van der Waals surface area contributed by atoms with Gasteiger partial charge < -0.3 is 5.32 Å². The predicted octanol–water partition coefficient (Wildman–Crippen LogP) is 2.61. The fraction of sp³-hybridized carbons (Fsp3) is 0.600. The van der Waals surface area contributed by atoms with Gasteiger partial charge in [0.1, 0.15) is 0 Å². The van der Waals surface area contributed by atoms with Gasteiger partial charge in [0.15, 0.2) is 0 Å². The third-order valence-electron chi connectivity index (χ3n) is 2.80. The van der Waals surface area contributed by atoms with Gasteiger partial charge in [0.05, 0.1) is 0 Å². The average molecular weight is 151 g/mol. The van der Waals surface area contributed by atoms with Crippen LogP contribution in [-0.4, -0.2) is 6.04 Å². The molecule has 0 radical (unpaired) electrons. The Morgan fingerprint density at radius 1 is 1.00 bits per heavy atom. The zero-order valence-electron chi connectivity index (χ0n) is 8.08. The third kappa shape index (κ3) is 1.32. The van der Waals surface area contributed by atoms with Gasteiger partial charge in [-0.3, -0.25) is 0 Å². The van der Waals surface area contributed by atoms with Gasteiger partial charge in [-0.2, -0.15) is 0 Å². The SMILES string of the molecule is CC1=C(C)C(C)=C(C)C(C)N1. The van der Waals surface area contributed by atoms with Crippen LogP contribution in [0, 0.1) is 0 Å². The summed E-state index contributed by atoms with van der Waals surface area (Å²) in [6.07, 6.45) is 0. The molecule has 1 aliphatic rings. The molecule has 0 aromatic heterocycles. The van der Waals surface area contributed by atoms with Crippen molar-refractivity contribution in [2.75, 3.05) is 0 Å². The molecule has 0 aromatic rings. The minimum Gasteiger partial charge on any atom is -0.382 e. The summed E-state index contributed by atoms with van der Waals surface area (Å²) in [5, 5.41) is 3.43. The van der Waals surface area contributed by atoms with E-state index in [1.165, 1.54) is 22.4 Å². The Bertz CT molecular complexity index is 233. The fourth-order valence-electron chi connectivity index (χ4n) is 1.44. The van der Waals surface area contributed by atoms with Gasteiger partial charge in [0.25, 0.3) is 0 Å². The summed E-state index contributed by atoms with van der Waals surface area (Å²) < 4.78 is 0. The number of dihydropyridines is 1. The summed E-state index contributed by atoms with van der Waals surface area (Å²) in [6.45, 7) is 10.9. The Hall–Kier alpha value is -0.720. The lowest BCUT2D eigenvalue weighted by atomic mass is 9.94. The van der Waals surface area contributed by atoms with Crippen molar-refractivity contribution in [1.29, 1.82) is 0 Å².